The van der Waals surface area contributed by atoms with E-state index in [0.717, 1.165) is 25.7 Å². The third kappa shape index (κ3) is 2.13. The Bertz CT molecular complexity index is 872. The van der Waals surface area contributed by atoms with Gasteiger partial charge in [0.2, 0.25) is 0 Å². The maximum absolute atomic E-state index is 13.3. The summed E-state index contributed by atoms with van der Waals surface area (Å²) in [5.41, 5.74) is 1.10. The van der Waals surface area contributed by atoms with Crippen LogP contribution in [0.3, 0.4) is 0 Å². The van der Waals surface area contributed by atoms with Crippen molar-refractivity contribution in [1.29, 1.82) is 0 Å². The van der Waals surface area contributed by atoms with Crippen molar-refractivity contribution < 1.29 is 14.3 Å². The smallest absolute Gasteiger partial charge is 0.181 e. The van der Waals surface area contributed by atoms with E-state index in [9.17, 15) is 9.59 Å². The number of para-hydroxylation sites is 1. The van der Waals surface area contributed by atoms with Crippen molar-refractivity contribution in [1.82, 2.24) is 0 Å². The predicted octanol–water partition coefficient (Wildman–Crippen LogP) is 4.56. The van der Waals surface area contributed by atoms with Crippen LogP contribution in [-0.4, -0.2) is 17.2 Å². The highest BCUT2D eigenvalue weighted by Gasteiger charge is 2.62. The van der Waals surface area contributed by atoms with Crippen LogP contribution in [0, 0.1) is 11.8 Å². The van der Waals surface area contributed by atoms with Crippen molar-refractivity contribution >= 4 is 11.6 Å². The second-order valence-corrected chi connectivity index (χ2v) is 7.89. The van der Waals surface area contributed by atoms with Crippen LogP contribution in [-0.2, 0) is 4.79 Å². The summed E-state index contributed by atoms with van der Waals surface area (Å²) in [4.78, 5) is 26.4. The number of Topliss-reactive ketones (excluding diaryl/α,β-unsaturated/α-hetero) is 2. The highest BCUT2D eigenvalue weighted by molar-refractivity contribution is 6.14. The Labute approximate surface area is 153 Å². The minimum absolute atomic E-state index is 0.0322. The van der Waals surface area contributed by atoms with Gasteiger partial charge in [0.25, 0.3) is 0 Å². The van der Waals surface area contributed by atoms with Gasteiger partial charge in [-0.25, -0.2) is 0 Å². The molecule has 132 valence electrons. The second kappa shape index (κ2) is 5.80. The van der Waals surface area contributed by atoms with Crippen LogP contribution in [0.2, 0.25) is 0 Å². The molecule has 0 radical (unpaired) electrons. The largest absolute Gasteiger partial charge is 0.485 e. The van der Waals surface area contributed by atoms with Crippen molar-refractivity contribution in [3.8, 4) is 5.75 Å². The molecule has 0 N–H and O–H groups in total. The predicted molar refractivity (Wildman–Crippen MR) is 98.4 cm³/mol. The van der Waals surface area contributed by atoms with Gasteiger partial charge in [-0.1, -0.05) is 48.9 Å². The normalized spacial score (nSPS) is 32.8. The van der Waals surface area contributed by atoms with Gasteiger partial charge in [-0.3, -0.25) is 9.59 Å². The van der Waals surface area contributed by atoms with Crippen LogP contribution in [0.25, 0.3) is 0 Å². The zero-order valence-corrected chi connectivity index (χ0v) is 14.7. The number of rotatable bonds is 1. The molecule has 3 aliphatic rings. The molecule has 0 saturated heterocycles. The first kappa shape index (κ1) is 15.8. The molecule has 2 fully saturated rings. The average Bonchev–Trinajstić information content (AvgIpc) is 2.67. The van der Waals surface area contributed by atoms with E-state index in [1.165, 1.54) is 5.56 Å². The number of carbonyl (C=O) groups excluding carboxylic acids is 2. The van der Waals surface area contributed by atoms with E-state index in [0.29, 0.717) is 17.7 Å². The van der Waals surface area contributed by atoms with Gasteiger partial charge >= 0.3 is 0 Å². The fourth-order valence-electron chi connectivity index (χ4n) is 5.57. The first-order valence-corrected chi connectivity index (χ1v) is 9.60. The molecular weight excluding hydrogens is 324 g/mol. The molecule has 4 atom stereocenters. The monoisotopic (exact) mass is 346 g/mol. The number of hydrogen-bond acceptors (Lipinski definition) is 3. The number of carbonyl (C=O) groups is 2. The van der Waals surface area contributed by atoms with E-state index >= 15 is 0 Å². The molecule has 2 aromatic rings. The Morgan fingerprint density at radius 3 is 2.54 bits per heavy atom. The molecule has 2 aliphatic carbocycles. The Kier molecular flexibility index (Phi) is 3.53. The first-order chi connectivity index (χ1) is 12.7. The Hall–Kier alpha value is -2.42. The summed E-state index contributed by atoms with van der Waals surface area (Å²) in [5, 5.41) is 0. The van der Waals surface area contributed by atoms with Crippen molar-refractivity contribution in [3.63, 3.8) is 0 Å². The van der Waals surface area contributed by atoms with Crippen LogP contribution in [0.5, 0.6) is 5.75 Å². The zero-order chi connectivity index (χ0) is 17.7. The molecule has 0 bridgehead atoms. The molecular formula is C23H22O3. The molecule has 0 amide bonds. The summed E-state index contributed by atoms with van der Waals surface area (Å²) in [5.74, 6) is 0.383. The van der Waals surface area contributed by atoms with E-state index in [1.54, 1.807) is 6.07 Å². The summed E-state index contributed by atoms with van der Waals surface area (Å²) in [7, 11) is 0. The van der Waals surface area contributed by atoms with Crippen LogP contribution >= 0.6 is 0 Å². The van der Waals surface area contributed by atoms with Crippen LogP contribution in [0.15, 0.2) is 54.6 Å². The number of benzene rings is 2. The maximum Gasteiger partial charge on any atom is 0.181 e. The molecule has 0 aromatic heterocycles. The molecule has 2 saturated carbocycles. The van der Waals surface area contributed by atoms with Gasteiger partial charge in [-0.15, -0.1) is 0 Å². The highest BCUT2D eigenvalue weighted by Crippen LogP contribution is 2.56. The fourth-order valence-corrected chi connectivity index (χ4v) is 5.57. The second-order valence-electron chi connectivity index (χ2n) is 7.89. The minimum Gasteiger partial charge on any atom is -0.485 e. The average molecular weight is 346 g/mol. The molecule has 3 heteroatoms. The third-order valence-electron chi connectivity index (χ3n) is 6.62. The van der Waals surface area contributed by atoms with Gasteiger partial charge in [-0.2, -0.15) is 0 Å². The summed E-state index contributed by atoms with van der Waals surface area (Å²) < 4.78 is 6.58. The topological polar surface area (TPSA) is 43.4 Å². The summed E-state index contributed by atoms with van der Waals surface area (Å²) in [6, 6.07) is 17.7. The Morgan fingerprint density at radius 2 is 1.69 bits per heavy atom. The molecule has 1 heterocycles. The van der Waals surface area contributed by atoms with Gasteiger partial charge in [0, 0.05) is 12.3 Å². The summed E-state index contributed by atoms with van der Waals surface area (Å²) in [6.07, 6.45) is 4.39. The Balaban J connectivity index is 1.66. The van der Waals surface area contributed by atoms with E-state index in [-0.39, 0.29) is 23.4 Å². The van der Waals surface area contributed by atoms with Gasteiger partial charge < -0.3 is 4.74 Å². The number of hydrogen-bond donors (Lipinski definition) is 0. The van der Waals surface area contributed by atoms with Crippen molar-refractivity contribution in [2.24, 2.45) is 11.8 Å². The molecule has 2 aromatic carbocycles. The molecule has 26 heavy (non-hydrogen) atoms. The van der Waals surface area contributed by atoms with Gasteiger partial charge in [0.05, 0.1) is 5.56 Å². The molecule has 1 spiro atoms. The van der Waals surface area contributed by atoms with E-state index in [2.05, 4.69) is 12.1 Å². The number of fused-ring (bicyclic) bond motifs is 1. The van der Waals surface area contributed by atoms with Gasteiger partial charge in [0.1, 0.15) is 23.1 Å². The van der Waals surface area contributed by atoms with Gasteiger partial charge in [0.15, 0.2) is 5.78 Å². The van der Waals surface area contributed by atoms with E-state index in [1.807, 2.05) is 36.4 Å². The first-order valence-electron chi connectivity index (χ1n) is 9.60. The van der Waals surface area contributed by atoms with Crippen LogP contribution < -0.4 is 4.74 Å². The standard InChI is InChI=1S/C23H22O3/c24-19-14-17(15-8-2-1-3-9-15)18-11-6-7-13-23(18)21(19)22(25)16-10-4-5-12-20(16)26-23/h1-5,8-10,12,17-18,21H,6-7,11,13-14H2/t17-,18-,21?,23+/m1/s1. The SMILES string of the molecule is O=C1C[C@H](c2ccccc2)[C@H]2CCCC[C@]23Oc2ccccc2C(=O)C13. The molecule has 1 unspecified atom stereocenters. The fraction of sp³-hybridized carbons (Fsp3) is 0.391. The summed E-state index contributed by atoms with van der Waals surface area (Å²) in [6.45, 7) is 0. The maximum atomic E-state index is 13.3. The number of ketones is 2. The minimum atomic E-state index is -0.667. The lowest BCUT2D eigenvalue weighted by Crippen LogP contribution is -2.63. The van der Waals surface area contributed by atoms with Crippen molar-refractivity contribution in [3.05, 3.63) is 65.7 Å². The molecule has 3 nitrogen and oxygen atoms in total. The lowest BCUT2D eigenvalue weighted by Gasteiger charge is -2.55. The van der Waals surface area contributed by atoms with E-state index < -0.39 is 11.5 Å². The lowest BCUT2D eigenvalue weighted by molar-refractivity contribution is -0.146. The molecule has 1 aliphatic heterocycles. The number of ether oxygens (including phenoxy) is 1. The lowest BCUT2D eigenvalue weighted by atomic mass is 9.54. The zero-order valence-electron chi connectivity index (χ0n) is 14.7. The van der Waals surface area contributed by atoms with Crippen LogP contribution in [0.1, 0.15) is 53.9 Å². The summed E-state index contributed by atoms with van der Waals surface area (Å²) >= 11 is 0. The Morgan fingerprint density at radius 1 is 0.923 bits per heavy atom. The quantitative estimate of drug-likeness (QED) is 0.711. The van der Waals surface area contributed by atoms with E-state index in [4.69, 9.17) is 4.74 Å². The van der Waals surface area contributed by atoms with Crippen molar-refractivity contribution in [2.45, 2.75) is 43.6 Å². The van der Waals surface area contributed by atoms with Gasteiger partial charge in [-0.05, 0) is 42.9 Å². The van der Waals surface area contributed by atoms with Crippen molar-refractivity contribution in [2.75, 3.05) is 0 Å². The highest BCUT2D eigenvalue weighted by atomic mass is 16.5. The molecule has 5 rings (SSSR count). The third-order valence-corrected chi connectivity index (χ3v) is 6.62. The van der Waals surface area contributed by atoms with Crippen LogP contribution in [0.4, 0.5) is 0 Å².